The summed E-state index contributed by atoms with van der Waals surface area (Å²) in [5.74, 6) is 2.67. The summed E-state index contributed by atoms with van der Waals surface area (Å²) in [5, 5.41) is 11.0. The zero-order valence-electron chi connectivity index (χ0n) is 18.2. The predicted octanol–water partition coefficient (Wildman–Crippen LogP) is 5.05. The Hall–Kier alpha value is -2.50. The Labute approximate surface area is 174 Å². The molecular formula is C24H33NO4. The lowest BCUT2D eigenvalue weighted by atomic mass is 9.87. The molecule has 0 radical (unpaired) electrons. The van der Waals surface area contributed by atoms with E-state index in [0.717, 1.165) is 36.6 Å². The van der Waals surface area contributed by atoms with Crippen LogP contribution < -0.4 is 9.47 Å². The fraction of sp³-hybridized carbons (Fsp3) is 0.417. The van der Waals surface area contributed by atoms with Gasteiger partial charge >= 0.3 is 0 Å². The SMILES string of the molecule is C=C(C)C(O)(C(=C)C)c1ccc(CN(CCC)Cc2ccc(OC)c(OC)c2)o1. The monoisotopic (exact) mass is 399 g/mol. The lowest BCUT2D eigenvalue weighted by Gasteiger charge is -2.27. The van der Waals surface area contributed by atoms with E-state index < -0.39 is 5.60 Å². The van der Waals surface area contributed by atoms with Crippen LogP contribution in [0.3, 0.4) is 0 Å². The second-order valence-electron chi connectivity index (χ2n) is 7.44. The van der Waals surface area contributed by atoms with Crippen molar-refractivity contribution in [3.05, 3.63) is 71.7 Å². The van der Waals surface area contributed by atoms with E-state index in [-0.39, 0.29) is 0 Å². The van der Waals surface area contributed by atoms with E-state index in [9.17, 15) is 5.11 Å². The van der Waals surface area contributed by atoms with Crippen molar-refractivity contribution in [2.24, 2.45) is 0 Å². The molecule has 0 aliphatic heterocycles. The molecule has 0 fully saturated rings. The summed E-state index contributed by atoms with van der Waals surface area (Å²) in [6.07, 6.45) is 1.02. The van der Waals surface area contributed by atoms with Gasteiger partial charge in [-0.3, -0.25) is 4.90 Å². The third-order valence-corrected chi connectivity index (χ3v) is 5.03. The van der Waals surface area contributed by atoms with Crippen LogP contribution in [0.5, 0.6) is 11.5 Å². The van der Waals surface area contributed by atoms with Crippen LogP contribution in [0.4, 0.5) is 0 Å². The molecule has 0 spiro atoms. The molecule has 0 aliphatic carbocycles. The third-order valence-electron chi connectivity index (χ3n) is 5.03. The summed E-state index contributed by atoms with van der Waals surface area (Å²) in [6, 6.07) is 9.67. The molecule has 0 saturated heterocycles. The number of nitrogens with zero attached hydrogens (tertiary/aromatic N) is 1. The Morgan fingerprint density at radius 3 is 2.24 bits per heavy atom. The number of methoxy groups -OCH3 is 2. The van der Waals surface area contributed by atoms with E-state index >= 15 is 0 Å². The van der Waals surface area contributed by atoms with Gasteiger partial charge in [-0.05, 0) is 67.8 Å². The highest BCUT2D eigenvalue weighted by molar-refractivity contribution is 5.43. The average molecular weight is 400 g/mol. The Bertz CT molecular complexity index is 838. The van der Waals surface area contributed by atoms with Crippen molar-refractivity contribution in [1.82, 2.24) is 4.90 Å². The number of furan rings is 1. The summed E-state index contributed by atoms with van der Waals surface area (Å²) in [6.45, 7) is 15.8. The molecule has 0 atom stereocenters. The lowest BCUT2D eigenvalue weighted by Crippen LogP contribution is -2.27. The molecule has 5 nitrogen and oxygen atoms in total. The van der Waals surface area contributed by atoms with Crippen LogP contribution in [0.1, 0.15) is 44.3 Å². The van der Waals surface area contributed by atoms with Crippen molar-refractivity contribution in [2.45, 2.75) is 45.9 Å². The van der Waals surface area contributed by atoms with Crippen LogP contribution in [-0.2, 0) is 18.7 Å². The number of hydrogen-bond donors (Lipinski definition) is 1. The molecule has 0 unspecified atom stereocenters. The van der Waals surface area contributed by atoms with Gasteiger partial charge in [-0.15, -0.1) is 0 Å². The highest BCUT2D eigenvalue weighted by atomic mass is 16.5. The molecule has 0 bridgehead atoms. The van der Waals surface area contributed by atoms with Crippen LogP contribution >= 0.6 is 0 Å². The van der Waals surface area contributed by atoms with Crippen molar-refractivity contribution in [2.75, 3.05) is 20.8 Å². The maximum absolute atomic E-state index is 11.0. The number of rotatable bonds is 11. The summed E-state index contributed by atoms with van der Waals surface area (Å²) >= 11 is 0. The number of ether oxygens (including phenoxy) is 2. The molecule has 1 N–H and O–H groups in total. The maximum atomic E-state index is 11.0. The fourth-order valence-electron chi connectivity index (χ4n) is 3.43. The molecule has 2 rings (SSSR count). The first kappa shape index (κ1) is 22.8. The van der Waals surface area contributed by atoms with Crippen molar-refractivity contribution in [1.29, 1.82) is 0 Å². The Morgan fingerprint density at radius 2 is 1.69 bits per heavy atom. The molecule has 1 aromatic carbocycles. The van der Waals surface area contributed by atoms with E-state index in [2.05, 4.69) is 25.0 Å². The predicted molar refractivity (Wildman–Crippen MR) is 116 cm³/mol. The third kappa shape index (κ3) is 5.11. The van der Waals surface area contributed by atoms with Gasteiger partial charge < -0.3 is 19.0 Å². The minimum Gasteiger partial charge on any atom is -0.493 e. The Kier molecular flexibility index (Phi) is 7.71. The van der Waals surface area contributed by atoms with Gasteiger partial charge in [0.25, 0.3) is 0 Å². The molecule has 0 saturated carbocycles. The summed E-state index contributed by atoms with van der Waals surface area (Å²) in [7, 11) is 3.27. The number of hydrogen-bond acceptors (Lipinski definition) is 5. The largest absolute Gasteiger partial charge is 0.493 e. The molecular weight excluding hydrogens is 366 g/mol. The first-order valence-corrected chi connectivity index (χ1v) is 9.83. The van der Waals surface area contributed by atoms with Gasteiger partial charge in [-0.1, -0.05) is 26.1 Å². The average Bonchev–Trinajstić information content (AvgIpc) is 3.15. The smallest absolute Gasteiger partial charge is 0.163 e. The molecule has 0 amide bonds. The van der Waals surface area contributed by atoms with Crippen LogP contribution in [-0.4, -0.2) is 30.8 Å². The summed E-state index contributed by atoms with van der Waals surface area (Å²) in [4.78, 5) is 2.30. The van der Waals surface area contributed by atoms with Crippen LogP contribution in [0.2, 0.25) is 0 Å². The van der Waals surface area contributed by atoms with Gasteiger partial charge in [0.1, 0.15) is 11.5 Å². The first-order chi connectivity index (χ1) is 13.8. The molecule has 2 aromatic rings. The zero-order chi connectivity index (χ0) is 21.6. The number of benzene rings is 1. The zero-order valence-corrected chi connectivity index (χ0v) is 18.2. The summed E-state index contributed by atoms with van der Waals surface area (Å²) in [5.41, 5.74) is 0.948. The van der Waals surface area contributed by atoms with Gasteiger partial charge in [-0.2, -0.15) is 0 Å². The topological polar surface area (TPSA) is 55.1 Å². The maximum Gasteiger partial charge on any atom is 0.163 e. The first-order valence-electron chi connectivity index (χ1n) is 9.83. The lowest BCUT2D eigenvalue weighted by molar-refractivity contribution is 0.0878. The fourth-order valence-corrected chi connectivity index (χ4v) is 3.43. The van der Waals surface area contributed by atoms with Crippen molar-refractivity contribution < 1.29 is 19.0 Å². The van der Waals surface area contributed by atoms with Crippen LogP contribution in [0, 0.1) is 0 Å². The molecule has 1 aromatic heterocycles. The van der Waals surface area contributed by atoms with E-state index in [1.54, 1.807) is 34.1 Å². The van der Waals surface area contributed by atoms with E-state index in [0.29, 0.717) is 29.2 Å². The molecule has 29 heavy (non-hydrogen) atoms. The highest BCUT2D eigenvalue weighted by Gasteiger charge is 2.34. The summed E-state index contributed by atoms with van der Waals surface area (Å²) < 4.78 is 16.7. The standard InChI is InChI=1S/C24H33NO4/c1-8-13-25(15-19-9-11-21(27-6)22(14-19)28-7)16-20-10-12-23(29-20)24(26,17(2)3)18(4)5/h9-12,14,26H,2,4,8,13,15-16H2,1,3,5-7H3. The van der Waals surface area contributed by atoms with Gasteiger partial charge in [0.15, 0.2) is 17.1 Å². The van der Waals surface area contributed by atoms with Crippen molar-refractivity contribution >= 4 is 0 Å². The molecule has 158 valence electrons. The number of aliphatic hydroxyl groups is 1. The second-order valence-corrected chi connectivity index (χ2v) is 7.44. The highest BCUT2D eigenvalue weighted by Crippen LogP contribution is 2.36. The van der Waals surface area contributed by atoms with Gasteiger partial charge in [0.2, 0.25) is 0 Å². The van der Waals surface area contributed by atoms with Gasteiger partial charge in [0, 0.05) is 6.54 Å². The minimum absolute atomic E-state index is 0.454. The molecule has 5 heteroatoms. The van der Waals surface area contributed by atoms with E-state index in [1.165, 1.54) is 0 Å². The quantitative estimate of drug-likeness (QED) is 0.536. The second kappa shape index (κ2) is 9.81. The van der Waals surface area contributed by atoms with Crippen molar-refractivity contribution in [3.8, 4) is 11.5 Å². The van der Waals surface area contributed by atoms with Crippen LogP contribution in [0.15, 0.2) is 59.1 Å². The van der Waals surface area contributed by atoms with E-state index in [1.807, 2.05) is 24.3 Å². The molecule has 0 aliphatic rings. The molecule has 1 heterocycles. The Morgan fingerprint density at radius 1 is 1.03 bits per heavy atom. The minimum atomic E-state index is -1.35. The Balaban J connectivity index is 2.21. The van der Waals surface area contributed by atoms with Crippen molar-refractivity contribution in [3.63, 3.8) is 0 Å². The normalized spacial score (nSPS) is 11.6. The van der Waals surface area contributed by atoms with Gasteiger partial charge in [-0.25, -0.2) is 0 Å². The van der Waals surface area contributed by atoms with Crippen LogP contribution in [0.25, 0.3) is 0 Å². The van der Waals surface area contributed by atoms with Gasteiger partial charge in [0.05, 0.1) is 20.8 Å². The van der Waals surface area contributed by atoms with E-state index in [4.69, 9.17) is 13.9 Å².